The van der Waals surface area contributed by atoms with Gasteiger partial charge in [-0.1, -0.05) is 24.3 Å². The summed E-state index contributed by atoms with van der Waals surface area (Å²) in [7, 11) is 1.65. The van der Waals surface area contributed by atoms with Gasteiger partial charge in [0.1, 0.15) is 17.4 Å². The zero-order valence-corrected chi connectivity index (χ0v) is 18.2. The Hall–Kier alpha value is -3.39. The molecule has 0 amide bonds. The Kier molecular flexibility index (Phi) is 6.41. The Morgan fingerprint density at radius 3 is 2.62 bits per heavy atom. The Balaban J connectivity index is 1.71. The minimum absolute atomic E-state index is 0.163. The molecule has 0 spiro atoms. The van der Waals surface area contributed by atoms with Crippen molar-refractivity contribution in [2.45, 2.75) is 33.4 Å². The zero-order valence-electron chi connectivity index (χ0n) is 18.2. The SMILES string of the molecule is COCCc1ncc(-c2ccc3nc(C)n(Cc4ccccc4OC(F)F)c3c2)c(C)n1. The number of methoxy groups -OCH3 is 1. The van der Waals surface area contributed by atoms with Crippen LogP contribution in [-0.4, -0.2) is 39.8 Å². The minimum Gasteiger partial charge on any atom is -0.434 e. The van der Waals surface area contributed by atoms with Crippen molar-refractivity contribution in [3.05, 3.63) is 71.6 Å². The molecule has 32 heavy (non-hydrogen) atoms. The molecule has 2 aromatic heterocycles. The average molecular weight is 438 g/mol. The molecule has 0 aliphatic rings. The number of nitrogens with zero attached hydrogens (tertiary/aromatic N) is 4. The molecule has 166 valence electrons. The Bertz CT molecular complexity index is 1240. The van der Waals surface area contributed by atoms with Gasteiger partial charge in [-0.2, -0.15) is 8.78 Å². The van der Waals surface area contributed by atoms with Gasteiger partial charge in [0.25, 0.3) is 0 Å². The van der Waals surface area contributed by atoms with Gasteiger partial charge >= 0.3 is 6.61 Å². The molecule has 4 rings (SSSR count). The van der Waals surface area contributed by atoms with Crippen LogP contribution in [0.25, 0.3) is 22.2 Å². The maximum Gasteiger partial charge on any atom is 0.387 e. The van der Waals surface area contributed by atoms with Crippen LogP contribution in [-0.2, 0) is 17.7 Å². The number of ether oxygens (including phenoxy) is 2. The molecule has 0 aliphatic carbocycles. The number of fused-ring (bicyclic) bond motifs is 1. The Morgan fingerprint density at radius 1 is 1.06 bits per heavy atom. The van der Waals surface area contributed by atoms with Crippen LogP contribution in [0, 0.1) is 13.8 Å². The first-order valence-corrected chi connectivity index (χ1v) is 10.3. The van der Waals surface area contributed by atoms with Crippen molar-refractivity contribution in [1.29, 1.82) is 0 Å². The first kappa shape index (κ1) is 21.8. The van der Waals surface area contributed by atoms with E-state index in [1.807, 2.05) is 42.8 Å². The molecule has 0 bridgehead atoms. The van der Waals surface area contributed by atoms with E-state index in [1.165, 1.54) is 0 Å². The van der Waals surface area contributed by atoms with Crippen LogP contribution in [0.3, 0.4) is 0 Å². The zero-order chi connectivity index (χ0) is 22.7. The normalized spacial score (nSPS) is 11.4. The fourth-order valence-electron chi connectivity index (χ4n) is 3.74. The molecule has 2 aromatic carbocycles. The van der Waals surface area contributed by atoms with Gasteiger partial charge in [0.05, 0.1) is 24.2 Å². The maximum atomic E-state index is 12.8. The summed E-state index contributed by atoms with van der Waals surface area (Å²) in [5.74, 6) is 1.69. The van der Waals surface area contributed by atoms with E-state index in [-0.39, 0.29) is 5.75 Å². The molecule has 0 aliphatic heterocycles. The second-order valence-corrected chi connectivity index (χ2v) is 7.46. The molecule has 8 heteroatoms. The third-order valence-electron chi connectivity index (χ3n) is 5.33. The summed E-state index contributed by atoms with van der Waals surface area (Å²) < 4.78 is 37.5. The molecule has 0 N–H and O–H groups in total. The highest BCUT2D eigenvalue weighted by molar-refractivity contribution is 5.83. The third-order valence-corrected chi connectivity index (χ3v) is 5.33. The summed E-state index contributed by atoms with van der Waals surface area (Å²) >= 11 is 0. The molecule has 0 saturated carbocycles. The lowest BCUT2D eigenvalue weighted by atomic mass is 10.1. The van der Waals surface area contributed by atoms with Crippen molar-refractivity contribution in [2.75, 3.05) is 13.7 Å². The second-order valence-electron chi connectivity index (χ2n) is 7.46. The van der Waals surface area contributed by atoms with E-state index in [0.717, 1.165) is 39.5 Å². The van der Waals surface area contributed by atoms with Crippen molar-refractivity contribution >= 4 is 11.0 Å². The van der Waals surface area contributed by atoms with Gasteiger partial charge in [0.2, 0.25) is 0 Å². The summed E-state index contributed by atoms with van der Waals surface area (Å²) in [5, 5.41) is 0. The molecule has 6 nitrogen and oxygen atoms in total. The van der Waals surface area contributed by atoms with E-state index < -0.39 is 6.61 Å². The molecule has 4 aromatic rings. The fourth-order valence-corrected chi connectivity index (χ4v) is 3.74. The van der Waals surface area contributed by atoms with Crippen LogP contribution in [0.5, 0.6) is 5.75 Å². The van der Waals surface area contributed by atoms with Crippen LogP contribution in [0.2, 0.25) is 0 Å². The number of aryl methyl sites for hydroxylation is 2. The van der Waals surface area contributed by atoms with Crippen molar-refractivity contribution in [3.63, 3.8) is 0 Å². The number of hydrogen-bond donors (Lipinski definition) is 0. The summed E-state index contributed by atoms with van der Waals surface area (Å²) in [6.45, 7) is 1.91. The van der Waals surface area contributed by atoms with Crippen molar-refractivity contribution in [3.8, 4) is 16.9 Å². The predicted molar refractivity (Wildman–Crippen MR) is 118 cm³/mol. The van der Waals surface area contributed by atoms with Crippen LogP contribution in [0.4, 0.5) is 8.78 Å². The molecular weight excluding hydrogens is 414 g/mol. The predicted octanol–water partition coefficient (Wildman–Crippen LogP) is 4.95. The first-order chi connectivity index (χ1) is 15.5. The largest absolute Gasteiger partial charge is 0.434 e. The summed E-state index contributed by atoms with van der Waals surface area (Å²) in [4.78, 5) is 13.7. The molecule has 2 heterocycles. The van der Waals surface area contributed by atoms with E-state index in [1.54, 1.807) is 31.4 Å². The number of rotatable bonds is 8. The van der Waals surface area contributed by atoms with Crippen LogP contribution < -0.4 is 4.74 Å². The molecule has 0 fully saturated rings. The number of aromatic nitrogens is 4. The van der Waals surface area contributed by atoms with Gasteiger partial charge in [-0.25, -0.2) is 15.0 Å². The Morgan fingerprint density at radius 2 is 1.88 bits per heavy atom. The quantitative estimate of drug-likeness (QED) is 0.390. The van der Waals surface area contributed by atoms with Crippen LogP contribution >= 0.6 is 0 Å². The van der Waals surface area contributed by atoms with Crippen molar-refractivity contribution < 1.29 is 18.3 Å². The lowest BCUT2D eigenvalue weighted by molar-refractivity contribution is -0.0504. The van der Waals surface area contributed by atoms with Crippen LogP contribution in [0.1, 0.15) is 22.9 Å². The van der Waals surface area contributed by atoms with E-state index in [4.69, 9.17) is 9.47 Å². The molecule has 0 radical (unpaired) electrons. The monoisotopic (exact) mass is 438 g/mol. The average Bonchev–Trinajstić information content (AvgIpc) is 3.07. The van der Waals surface area contributed by atoms with Crippen LogP contribution in [0.15, 0.2) is 48.7 Å². The topological polar surface area (TPSA) is 62.1 Å². The lowest BCUT2D eigenvalue weighted by Crippen LogP contribution is -2.08. The minimum atomic E-state index is -2.88. The van der Waals surface area contributed by atoms with Gasteiger partial charge < -0.3 is 14.0 Å². The molecule has 0 atom stereocenters. The number of alkyl halides is 2. The van der Waals surface area contributed by atoms with E-state index in [2.05, 4.69) is 15.0 Å². The molecule has 0 saturated heterocycles. The fraction of sp³-hybridized carbons (Fsp3) is 0.292. The second kappa shape index (κ2) is 9.40. The van der Waals surface area contributed by atoms with Gasteiger partial charge in [-0.15, -0.1) is 0 Å². The van der Waals surface area contributed by atoms with E-state index in [9.17, 15) is 8.78 Å². The lowest BCUT2D eigenvalue weighted by Gasteiger charge is -2.13. The van der Waals surface area contributed by atoms with Gasteiger partial charge in [0.15, 0.2) is 0 Å². The number of para-hydroxylation sites is 1. The van der Waals surface area contributed by atoms with Crippen molar-refractivity contribution in [1.82, 2.24) is 19.5 Å². The van der Waals surface area contributed by atoms with Gasteiger partial charge in [-0.05, 0) is 37.6 Å². The van der Waals surface area contributed by atoms with E-state index in [0.29, 0.717) is 25.1 Å². The number of benzene rings is 2. The smallest absolute Gasteiger partial charge is 0.387 e. The Labute approximate surface area is 184 Å². The summed E-state index contributed by atoms with van der Waals surface area (Å²) in [5.41, 5.74) is 5.15. The molecule has 0 unspecified atom stereocenters. The summed E-state index contributed by atoms with van der Waals surface area (Å²) in [6.07, 6.45) is 2.48. The number of halogens is 2. The summed E-state index contributed by atoms with van der Waals surface area (Å²) in [6, 6.07) is 12.8. The van der Waals surface area contributed by atoms with Crippen molar-refractivity contribution in [2.24, 2.45) is 0 Å². The van der Waals surface area contributed by atoms with E-state index >= 15 is 0 Å². The number of hydrogen-bond acceptors (Lipinski definition) is 5. The highest BCUT2D eigenvalue weighted by Crippen LogP contribution is 2.29. The standard InChI is InChI=1S/C24H24F2N4O2/c1-15-19(13-27-23(28-15)10-11-31-3)17-8-9-20-21(12-17)30(16(2)29-20)14-18-6-4-5-7-22(18)32-24(25)26/h4-9,12-13,24H,10-11,14H2,1-3H3. The highest BCUT2D eigenvalue weighted by Gasteiger charge is 2.15. The molecular formula is C24H24F2N4O2. The highest BCUT2D eigenvalue weighted by atomic mass is 19.3. The number of imidazole rings is 1. The first-order valence-electron chi connectivity index (χ1n) is 10.3. The third kappa shape index (κ3) is 4.60. The maximum absolute atomic E-state index is 12.8. The van der Waals surface area contributed by atoms with Gasteiger partial charge in [-0.3, -0.25) is 0 Å². The van der Waals surface area contributed by atoms with Gasteiger partial charge in [0, 0.05) is 36.5 Å².